The van der Waals surface area contributed by atoms with Crippen LogP contribution in [0.1, 0.15) is 31.0 Å². The van der Waals surface area contributed by atoms with Gasteiger partial charge in [-0.3, -0.25) is 0 Å². The number of rotatable bonds is 3. The highest BCUT2D eigenvalue weighted by atomic mass is 15.1. The molecule has 4 heteroatoms. The summed E-state index contributed by atoms with van der Waals surface area (Å²) in [4.78, 5) is 6.46. The summed E-state index contributed by atoms with van der Waals surface area (Å²) in [6.45, 7) is 1.11. The fraction of sp³-hybridized carbons (Fsp3) is 0.438. The molecule has 0 aliphatic carbocycles. The van der Waals surface area contributed by atoms with Crippen molar-refractivity contribution in [2.24, 2.45) is 0 Å². The first-order valence-corrected chi connectivity index (χ1v) is 7.29. The van der Waals surface area contributed by atoms with Crippen LogP contribution in [0.2, 0.25) is 0 Å². The van der Waals surface area contributed by atoms with Gasteiger partial charge in [0.25, 0.3) is 0 Å². The Morgan fingerprint density at radius 1 is 1.20 bits per heavy atom. The van der Waals surface area contributed by atoms with Gasteiger partial charge >= 0.3 is 0 Å². The first-order chi connectivity index (χ1) is 9.75. The second kappa shape index (κ2) is 5.67. The predicted octanol–water partition coefficient (Wildman–Crippen LogP) is 2.75. The first-order valence-electron chi connectivity index (χ1n) is 7.29. The highest BCUT2D eigenvalue weighted by molar-refractivity contribution is 5.50. The van der Waals surface area contributed by atoms with Gasteiger partial charge in [-0.25, -0.2) is 4.98 Å². The summed E-state index contributed by atoms with van der Waals surface area (Å²) in [6, 6.07) is 9.04. The lowest BCUT2D eigenvalue weighted by Crippen LogP contribution is -2.28. The number of nitrogens with zero attached hydrogens (tertiary/aromatic N) is 3. The summed E-state index contributed by atoms with van der Waals surface area (Å²) in [5.41, 5.74) is 3.66. The molecule has 0 bridgehead atoms. The van der Waals surface area contributed by atoms with Gasteiger partial charge in [0, 0.05) is 31.5 Å². The molecule has 2 aromatic rings. The van der Waals surface area contributed by atoms with Crippen LogP contribution < -0.4 is 10.2 Å². The molecule has 20 heavy (non-hydrogen) atoms. The number of hydrogen-bond acceptors (Lipinski definition) is 3. The molecule has 1 fully saturated rings. The zero-order chi connectivity index (χ0) is 13.9. The van der Waals surface area contributed by atoms with Crippen LogP contribution in [-0.2, 0) is 0 Å². The summed E-state index contributed by atoms with van der Waals surface area (Å²) < 4.78 is 2.20. The van der Waals surface area contributed by atoms with Gasteiger partial charge in [-0.05, 0) is 43.7 Å². The molecule has 0 spiro atoms. The second-order valence-electron chi connectivity index (χ2n) is 5.60. The fourth-order valence-corrected chi connectivity index (χ4v) is 2.79. The number of anilines is 1. The van der Waals surface area contributed by atoms with Gasteiger partial charge in [0.15, 0.2) is 0 Å². The van der Waals surface area contributed by atoms with Gasteiger partial charge in [0.05, 0.1) is 18.2 Å². The monoisotopic (exact) mass is 270 g/mol. The standard InChI is InChI=1S/C16H22N4/c1-19(2)13-6-8-14(9-7-13)20-12-17-11-16(20)15-5-3-4-10-18-15/h6-9,11-12,15,18H,3-5,10H2,1-2H3. The Labute approximate surface area is 120 Å². The van der Waals surface area contributed by atoms with E-state index in [1.807, 2.05) is 12.5 Å². The highest BCUT2D eigenvalue weighted by Gasteiger charge is 2.18. The van der Waals surface area contributed by atoms with E-state index in [0.29, 0.717) is 6.04 Å². The first kappa shape index (κ1) is 13.2. The summed E-state index contributed by atoms with van der Waals surface area (Å²) >= 11 is 0. The third kappa shape index (κ3) is 2.56. The molecule has 2 heterocycles. The van der Waals surface area contributed by atoms with E-state index >= 15 is 0 Å². The quantitative estimate of drug-likeness (QED) is 0.931. The topological polar surface area (TPSA) is 33.1 Å². The third-order valence-electron chi connectivity index (χ3n) is 3.98. The Morgan fingerprint density at radius 3 is 2.65 bits per heavy atom. The second-order valence-corrected chi connectivity index (χ2v) is 5.60. The van der Waals surface area contributed by atoms with E-state index in [1.165, 1.54) is 36.3 Å². The number of imidazole rings is 1. The van der Waals surface area contributed by atoms with Crippen LogP contribution >= 0.6 is 0 Å². The Bertz CT molecular complexity index is 550. The molecule has 1 aromatic carbocycles. The molecular weight excluding hydrogens is 248 g/mol. The number of hydrogen-bond donors (Lipinski definition) is 1. The molecule has 1 aliphatic heterocycles. The third-order valence-corrected chi connectivity index (χ3v) is 3.98. The van der Waals surface area contributed by atoms with Crippen LogP contribution in [0.3, 0.4) is 0 Å². The van der Waals surface area contributed by atoms with Gasteiger partial charge < -0.3 is 14.8 Å². The van der Waals surface area contributed by atoms with Gasteiger partial charge in [-0.2, -0.15) is 0 Å². The molecule has 106 valence electrons. The van der Waals surface area contributed by atoms with E-state index in [4.69, 9.17) is 0 Å². The fourth-order valence-electron chi connectivity index (χ4n) is 2.79. The van der Waals surface area contributed by atoms with Crippen LogP contribution in [-0.4, -0.2) is 30.2 Å². The lowest BCUT2D eigenvalue weighted by atomic mass is 10.0. The summed E-state index contributed by atoms with van der Waals surface area (Å²) in [6.07, 6.45) is 7.67. The zero-order valence-electron chi connectivity index (χ0n) is 12.2. The molecule has 1 saturated heterocycles. The van der Waals surface area contributed by atoms with E-state index in [2.05, 4.69) is 58.1 Å². The van der Waals surface area contributed by atoms with Crippen molar-refractivity contribution >= 4 is 5.69 Å². The maximum absolute atomic E-state index is 4.34. The highest BCUT2D eigenvalue weighted by Crippen LogP contribution is 2.25. The largest absolute Gasteiger partial charge is 0.378 e. The van der Waals surface area contributed by atoms with Gasteiger partial charge in [0.2, 0.25) is 0 Å². The minimum Gasteiger partial charge on any atom is -0.378 e. The maximum atomic E-state index is 4.34. The molecule has 0 radical (unpaired) electrons. The van der Waals surface area contributed by atoms with Gasteiger partial charge in [-0.1, -0.05) is 6.42 Å². The number of nitrogens with one attached hydrogen (secondary N) is 1. The zero-order valence-corrected chi connectivity index (χ0v) is 12.2. The van der Waals surface area contributed by atoms with Crippen molar-refractivity contribution < 1.29 is 0 Å². The van der Waals surface area contributed by atoms with Crippen LogP contribution in [0.5, 0.6) is 0 Å². The number of benzene rings is 1. The van der Waals surface area contributed by atoms with Gasteiger partial charge in [0.1, 0.15) is 0 Å². The smallest absolute Gasteiger partial charge is 0.0994 e. The molecular formula is C16H22N4. The van der Waals surface area contributed by atoms with Crippen LogP contribution in [0, 0.1) is 0 Å². The summed E-state index contributed by atoms with van der Waals surface area (Å²) in [5.74, 6) is 0. The molecule has 1 N–H and O–H groups in total. The van der Waals surface area contributed by atoms with Crippen LogP contribution in [0.25, 0.3) is 5.69 Å². The lowest BCUT2D eigenvalue weighted by Gasteiger charge is -2.24. The van der Waals surface area contributed by atoms with E-state index in [9.17, 15) is 0 Å². The Kier molecular flexibility index (Phi) is 3.74. The summed E-state index contributed by atoms with van der Waals surface area (Å²) in [5, 5.41) is 3.59. The molecule has 1 aliphatic rings. The molecule has 0 saturated carbocycles. The Hall–Kier alpha value is -1.81. The SMILES string of the molecule is CN(C)c1ccc(-n2cncc2C2CCCCN2)cc1. The molecule has 4 nitrogen and oxygen atoms in total. The van der Waals surface area contributed by atoms with Crippen LogP contribution in [0.15, 0.2) is 36.8 Å². The van der Waals surface area contributed by atoms with E-state index in [-0.39, 0.29) is 0 Å². The average Bonchev–Trinajstić information content (AvgIpc) is 2.97. The Balaban J connectivity index is 1.88. The molecule has 1 atom stereocenters. The minimum atomic E-state index is 0.430. The van der Waals surface area contributed by atoms with E-state index < -0.39 is 0 Å². The molecule has 1 aromatic heterocycles. The molecule has 1 unspecified atom stereocenters. The van der Waals surface area contributed by atoms with E-state index in [1.54, 1.807) is 0 Å². The summed E-state index contributed by atoms with van der Waals surface area (Å²) in [7, 11) is 4.12. The van der Waals surface area contributed by atoms with Crippen molar-refractivity contribution in [1.82, 2.24) is 14.9 Å². The van der Waals surface area contributed by atoms with Gasteiger partial charge in [-0.15, -0.1) is 0 Å². The van der Waals surface area contributed by atoms with Crippen molar-refractivity contribution in [3.63, 3.8) is 0 Å². The number of piperidine rings is 1. The van der Waals surface area contributed by atoms with Crippen molar-refractivity contribution in [3.05, 3.63) is 42.5 Å². The molecule has 0 amide bonds. The minimum absolute atomic E-state index is 0.430. The van der Waals surface area contributed by atoms with Crippen molar-refractivity contribution in [2.75, 3.05) is 25.5 Å². The normalized spacial score (nSPS) is 19.0. The Morgan fingerprint density at radius 2 is 2.00 bits per heavy atom. The predicted molar refractivity (Wildman–Crippen MR) is 82.5 cm³/mol. The van der Waals surface area contributed by atoms with Crippen molar-refractivity contribution in [3.8, 4) is 5.69 Å². The lowest BCUT2D eigenvalue weighted by molar-refractivity contribution is 0.402. The van der Waals surface area contributed by atoms with Crippen molar-refractivity contribution in [2.45, 2.75) is 25.3 Å². The number of aromatic nitrogens is 2. The van der Waals surface area contributed by atoms with E-state index in [0.717, 1.165) is 6.54 Å². The average molecular weight is 270 g/mol. The van der Waals surface area contributed by atoms with Crippen LogP contribution in [0.4, 0.5) is 5.69 Å². The molecule has 3 rings (SSSR count). The van der Waals surface area contributed by atoms with Crippen molar-refractivity contribution in [1.29, 1.82) is 0 Å². The maximum Gasteiger partial charge on any atom is 0.0994 e.